The summed E-state index contributed by atoms with van der Waals surface area (Å²) in [6.45, 7) is -0.369. The molecule has 13 heteroatoms. The summed E-state index contributed by atoms with van der Waals surface area (Å²) in [7, 11) is 0. The SMILES string of the molecule is O=C1N(CBr)C(=O)[C@@]2(Cl)[C@@H](c3ccc(CO)o3)C3=CCn4c(=O)n(-c5ccccc5)c(=O)n4[C@@H]3C[C@@]12Cl. The van der Waals surface area contributed by atoms with Crippen molar-refractivity contribution >= 4 is 50.9 Å². The Hall–Kier alpha value is -2.86. The van der Waals surface area contributed by atoms with Crippen molar-refractivity contribution in [2.45, 2.75) is 41.3 Å². The van der Waals surface area contributed by atoms with E-state index in [9.17, 15) is 24.3 Å². The fourth-order valence-electron chi connectivity index (χ4n) is 5.76. The van der Waals surface area contributed by atoms with Crippen molar-refractivity contribution in [3.63, 3.8) is 0 Å². The second-order valence-corrected chi connectivity index (χ2v) is 10.9. The predicted molar refractivity (Wildman–Crippen MR) is 136 cm³/mol. The number of alkyl halides is 3. The molecule has 2 fully saturated rings. The lowest BCUT2D eigenvalue weighted by atomic mass is 9.65. The molecule has 6 rings (SSSR count). The van der Waals surface area contributed by atoms with Crippen molar-refractivity contribution in [1.29, 1.82) is 0 Å². The number of amides is 2. The van der Waals surface area contributed by atoms with Crippen LogP contribution in [0.2, 0.25) is 0 Å². The number of nitrogens with zero attached hydrogens (tertiary/aromatic N) is 4. The van der Waals surface area contributed by atoms with Gasteiger partial charge in [-0.3, -0.25) is 14.5 Å². The first-order valence-electron chi connectivity index (χ1n) is 11.4. The van der Waals surface area contributed by atoms with E-state index in [1.54, 1.807) is 42.5 Å². The Balaban J connectivity index is 1.60. The van der Waals surface area contributed by atoms with Gasteiger partial charge in [-0.1, -0.05) is 40.2 Å². The van der Waals surface area contributed by atoms with E-state index in [1.165, 1.54) is 15.4 Å². The standard InChI is InChI=1S/C24H19BrCl2N4O6/c25-12-28-19(33)23(26)10-16-15(18(24(23,27)20(28)34)17-7-6-14(11-32)37-17)8-9-29-21(35)30(22(36)31(16)29)13-4-2-1-3-5-13/h1-8,16,18,32H,9-12H2/t16-,18-,23-,24+/m1/s1. The summed E-state index contributed by atoms with van der Waals surface area (Å²) in [5, 5.41) is 9.58. The minimum Gasteiger partial charge on any atom is -0.463 e. The van der Waals surface area contributed by atoms with Crippen LogP contribution in [0.5, 0.6) is 0 Å². The van der Waals surface area contributed by atoms with E-state index >= 15 is 0 Å². The van der Waals surface area contributed by atoms with Crippen molar-refractivity contribution in [3.8, 4) is 5.69 Å². The van der Waals surface area contributed by atoms with Gasteiger partial charge >= 0.3 is 11.4 Å². The number of aliphatic hydroxyl groups excluding tert-OH is 1. The predicted octanol–water partition coefficient (Wildman–Crippen LogP) is 2.23. The van der Waals surface area contributed by atoms with Gasteiger partial charge in [0, 0.05) is 6.42 Å². The van der Waals surface area contributed by atoms with Crippen molar-refractivity contribution in [3.05, 3.63) is 86.6 Å². The van der Waals surface area contributed by atoms with Gasteiger partial charge in [0.1, 0.15) is 18.1 Å². The molecule has 0 unspecified atom stereocenters. The maximum absolute atomic E-state index is 13.7. The Labute approximate surface area is 227 Å². The van der Waals surface area contributed by atoms with Crippen LogP contribution < -0.4 is 11.4 Å². The number of carbonyl (C=O) groups excluding carboxylic acids is 2. The molecule has 0 bridgehead atoms. The van der Waals surface area contributed by atoms with Crippen molar-refractivity contribution in [2.24, 2.45) is 0 Å². The summed E-state index contributed by atoms with van der Waals surface area (Å²) >= 11 is 17.3. The maximum atomic E-state index is 13.7. The van der Waals surface area contributed by atoms with E-state index in [2.05, 4.69) is 15.9 Å². The zero-order valence-corrected chi connectivity index (χ0v) is 22.1. The summed E-state index contributed by atoms with van der Waals surface area (Å²) in [5.74, 6) is -2.02. The summed E-state index contributed by atoms with van der Waals surface area (Å²) < 4.78 is 9.44. The number of hydrogen-bond acceptors (Lipinski definition) is 6. The lowest BCUT2D eigenvalue weighted by molar-refractivity contribution is -0.138. The Morgan fingerprint density at radius 3 is 2.41 bits per heavy atom. The molecule has 2 amide bonds. The summed E-state index contributed by atoms with van der Waals surface area (Å²) in [5.41, 5.74) is -0.373. The molecule has 2 aromatic heterocycles. The lowest BCUT2D eigenvalue weighted by Gasteiger charge is -2.48. The summed E-state index contributed by atoms with van der Waals surface area (Å²) in [6.07, 6.45) is 1.52. The van der Waals surface area contributed by atoms with Crippen LogP contribution in [-0.2, 0) is 22.7 Å². The highest BCUT2D eigenvalue weighted by Crippen LogP contribution is 2.63. The van der Waals surface area contributed by atoms with Crippen LogP contribution in [0.3, 0.4) is 0 Å². The molecule has 192 valence electrons. The van der Waals surface area contributed by atoms with Gasteiger partial charge < -0.3 is 9.52 Å². The first-order valence-corrected chi connectivity index (χ1v) is 13.3. The zero-order chi connectivity index (χ0) is 26.3. The van der Waals surface area contributed by atoms with E-state index in [0.717, 1.165) is 9.47 Å². The van der Waals surface area contributed by atoms with Crippen LogP contribution in [0.4, 0.5) is 0 Å². The Kier molecular flexibility index (Phi) is 5.50. The molecule has 1 aliphatic carbocycles. The third-order valence-corrected chi connectivity index (χ3v) is 9.33. The van der Waals surface area contributed by atoms with E-state index in [-0.39, 0.29) is 29.9 Å². The molecule has 1 aromatic carbocycles. The smallest absolute Gasteiger partial charge is 0.352 e. The number of hydrogen-bond donors (Lipinski definition) is 1. The second-order valence-electron chi connectivity index (χ2n) is 9.15. The normalized spacial score (nSPS) is 28.6. The number of aromatic nitrogens is 3. The van der Waals surface area contributed by atoms with E-state index in [0.29, 0.717) is 11.3 Å². The van der Waals surface area contributed by atoms with Crippen LogP contribution in [0.25, 0.3) is 5.69 Å². The number of carbonyl (C=O) groups is 2. The summed E-state index contributed by atoms with van der Waals surface area (Å²) in [6, 6.07) is 10.7. The number of rotatable bonds is 4. The first-order chi connectivity index (χ1) is 17.7. The third kappa shape index (κ3) is 3.02. The number of likely N-dealkylation sites (tertiary alicyclic amines) is 1. The molecule has 0 spiro atoms. The van der Waals surface area contributed by atoms with Crippen LogP contribution in [0, 0.1) is 0 Å². The van der Waals surface area contributed by atoms with Crippen molar-refractivity contribution in [2.75, 3.05) is 5.45 Å². The van der Waals surface area contributed by atoms with Gasteiger partial charge in [-0.25, -0.2) is 23.5 Å². The Bertz CT molecular complexity index is 1610. The van der Waals surface area contributed by atoms with E-state index in [1.807, 2.05) is 0 Å². The molecule has 4 heterocycles. The number of imide groups is 1. The molecule has 1 saturated carbocycles. The van der Waals surface area contributed by atoms with Crippen LogP contribution in [-0.4, -0.2) is 51.0 Å². The average molecular weight is 610 g/mol. The Morgan fingerprint density at radius 2 is 1.76 bits per heavy atom. The minimum absolute atomic E-state index is 0.0242. The van der Waals surface area contributed by atoms with Crippen molar-refractivity contribution in [1.82, 2.24) is 18.8 Å². The molecule has 0 radical (unpaired) electrons. The molecule has 4 atom stereocenters. The number of halogens is 3. The highest BCUT2D eigenvalue weighted by Gasteiger charge is 2.76. The van der Waals surface area contributed by atoms with Gasteiger partial charge in [0.05, 0.1) is 29.6 Å². The third-order valence-electron chi connectivity index (χ3n) is 7.42. The second kappa shape index (κ2) is 8.32. The number of allylic oxidation sites excluding steroid dienone is 2. The molecule has 3 aliphatic rings. The number of furan rings is 1. The maximum Gasteiger partial charge on any atom is 0.352 e. The molecule has 37 heavy (non-hydrogen) atoms. The number of fused-ring (bicyclic) bond motifs is 4. The number of benzene rings is 1. The molecule has 2 aliphatic heterocycles. The topological polar surface area (TPSA) is 120 Å². The highest BCUT2D eigenvalue weighted by molar-refractivity contribution is 9.09. The van der Waals surface area contributed by atoms with Crippen LogP contribution in [0.1, 0.15) is 29.9 Å². The molecular formula is C24H19BrCl2N4O6. The van der Waals surface area contributed by atoms with Gasteiger partial charge in [-0.05, 0) is 29.8 Å². The molecule has 1 saturated heterocycles. The monoisotopic (exact) mass is 608 g/mol. The molecular weight excluding hydrogens is 591 g/mol. The fourth-order valence-corrected chi connectivity index (χ4v) is 7.15. The van der Waals surface area contributed by atoms with Crippen molar-refractivity contribution < 1.29 is 19.1 Å². The Morgan fingerprint density at radius 1 is 1.03 bits per heavy atom. The summed E-state index contributed by atoms with van der Waals surface area (Å²) in [4.78, 5) is 51.2. The highest BCUT2D eigenvalue weighted by atomic mass is 79.9. The van der Waals surface area contributed by atoms with Gasteiger partial charge in [0.2, 0.25) is 0 Å². The zero-order valence-electron chi connectivity index (χ0n) is 19.0. The van der Waals surface area contributed by atoms with Crippen LogP contribution >= 0.6 is 39.1 Å². The lowest BCUT2D eigenvalue weighted by Crippen LogP contribution is -2.59. The van der Waals surface area contributed by atoms with Gasteiger partial charge in [-0.15, -0.1) is 23.2 Å². The van der Waals surface area contributed by atoms with Crippen LogP contribution in [0.15, 0.2) is 68.1 Å². The minimum atomic E-state index is -1.97. The molecule has 10 nitrogen and oxygen atoms in total. The first kappa shape index (κ1) is 24.5. The van der Waals surface area contributed by atoms with Gasteiger partial charge in [0.25, 0.3) is 11.8 Å². The fraction of sp³-hybridized carbons (Fsp3) is 0.333. The average Bonchev–Trinajstić information content (AvgIpc) is 3.51. The number of aliphatic hydroxyl groups is 1. The van der Waals surface area contributed by atoms with Gasteiger partial charge in [-0.2, -0.15) is 0 Å². The quantitative estimate of drug-likeness (QED) is 0.210. The largest absolute Gasteiger partial charge is 0.463 e. The van der Waals surface area contributed by atoms with E-state index < -0.39 is 51.5 Å². The van der Waals surface area contributed by atoms with Gasteiger partial charge in [0.15, 0.2) is 9.75 Å². The van der Waals surface area contributed by atoms with E-state index in [4.69, 9.17) is 27.6 Å². The number of para-hydroxylation sites is 1. The molecule has 1 N–H and O–H groups in total. The molecule has 3 aromatic rings.